The molecule has 0 aliphatic carbocycles. The zero-order chi connectivity index (χ0) is 17.2. The number of nitro benzene ring substituents is 1. The quantitative estimate of drug-likeness (QED) is 0.451. The molecule has 0 spiro atoms. The number of benzene rings is 1. The molecule has 1 aromatic rings. The second-order valence-corrected chi connectivity index (χ2v) is 8.20. The molecule has 0 unspecified atom stereocenters. The molecular formula is C13H16N2O6S2. The van der Waals surface area contributed by atoms with Gasteiger partial charge in [-0.3, -0.25) is 14.9 Å². The van der Waals surface area contributed by atoms with Crippen molar-refractivity contribution in [3.63, 3.8) is 0 Å². The number of esters is 1. The minimum absolute atomic E-state index is 0.0126. The van der Waals surface area contributed by atoms with Crippen molar-refractivity contribution in [2.75, 3.05) is 26.0 Å². The van der Waals surface area contributed by atoms with Gasteiger partial charge in [-0.2, -0.15) is 4.31 Å². The van der Waals surface area contributed by atoms with Gasteiger partial charge in [-0.1, -0.05) is 6.07 Å². The van der Waals surface area contributed by atoms with E-state index in [4.69, 9.17) is 0 Å². The number of hydrogen-bond donors (Lipinski definition) is 0. The van der Waals surface area contributed by atoms with Crippen molar-refractivity contribution in [2.45, 2.75) is 17.1 Å². The Balaban J connectivity index is 2.33. The number of nitro groups is 1. The summed E-state index contributed by atoms with van der Waals surface area (Å²) in [6.07, 6.45) is 0. The van der Waals surface area contributed by atoms with E-state index in [2.05, 4.69) is 4.74 Å². The first-order chi connectivity index (χ1) is 10.8. The topological polar surface area (TPSA) is 107 Å². The van der Waals surface area contributed by atoms with E-state index < -0.39 is 26.2 Å². The molecule has 1 aliphatic heterocycles. The second kappa shape index (κ2) is 6.85. The Morgan fingerprint density at radius 1 is 1.48 bits per heavy atom. The van der Waals surface area contributed by atoms with Crippen LogP contribution >= 0.6 is 11.8 Å². The van der Waals surface area contributed by atoms with Gasteiger partial charge in [0, 0.05) is 30.5 Å². The van der Waals surface area contributed by atoms with E-state index in [-0.39, 0.29) is 23.7 Å². The zero-order valence-electron chi connectivity index (χ0n) is 12.6. The molecule has 0 radical (unpaired) electrons. The number of carbonyl (C=O) groups is 1. The molecule has 0 amide bonds. The average Bonchev–Trinajstić information content (AvgIpc) is 2.54. The lowest BCUT2D eigenvalue weighted by atomic mass is 10.2. The molecule has 0 saturated carbocycles. The molecule has 8 nitrogen and oxygen atoms in total. The number of ether oxygens (including phenoxy) is 1. The molecule has 1 aromatic carbocycles. The average molecular weight is 360 g/mol. The number of hydrogen-bond acceptors (Lipinski definition) is 7. The normalized spacial score (nSPS) is 19.3. The smallest absolute Gasteiger partial charge is 0.320 e. The fraction of sp³-hybridized carbons (Fsp3) is 0.462. The predicted octanol–water partition coefficient (Wildman–Crippen LogP) is 1.18. The third-order valence-corrected chi connectivity index (χ3v) is 6.53. The fourth-order valence-electron chi connectivity index (χ4n) is 2.21. The fourth-order valence-corrected chi connectivity index (χ4v) is 5.03. The second-order valence-electron chi connectivity index (χ2n) is 4.95. The van der Waals surface area contributed by atoms with E-state index in [0.717, 1.165) is 6.07 Å². The van der Waals surface area contributed by atoms with Crippen molar-refractivity contribution < 1.29 is 22.9 Å². The molecule has 1 heterocycles. The lowest BCUT2D eigenvalue weighted by Crippen LogP contribution is -2.44. The summed E-state index contributed by atoms with van der Waals surface area (Å²) < 4.78 is 31.2. The molecule has 0 aromatic heterocycles. The Morgan fingerprint density at radius 3 is 2.78 bits per heavy atom. The zero-order valence-corrected chi connectivity index (χ0v) is 14.2. The van der Waals surface area contributed by atoms with Gasteiger partial charge < -0.3 is 4.74 Å². The summed E-state index contributed by atoms with van der Waals surface area (Å²) in [4.78, 5) is 21.8. The summed E-state index contributed by atoms with van der Waals surface area (Å²) in [6.45, 7) is 1.77. The number of nitrogens with zero attached hydrogens (tertiary/aromatic N) is 2. The first-order valence-corrected chi connectivity index (χ1v) is 9.21. The number of aryl methyl sites for hydroxylation is 1. The van der Waals surface area contributed by atoms with Crippen LogP contribution in [-0.4, -0.2) is 54.8 Å². The largest absolute Gasteiger partial charge is 0.468 e. The van der Waals surface area contributed by atoms with E-state index in [9.17, 15) is 23.3 Å². The van der Waals surface area contributed by atoms with Gasteiger partial charge in [-0.05, 0) is 13.0 Å². The van der Waals surface area contributed by atoms with Gasteiger partial charge in [0.25, 0.3) is 5.69 Å². The molecule has 1 aliphatic rings. The van der Waals surface area contributed by atoms with Crippen LogP contribution in [0.1, 0.15) is 5.56 Å². The molecule has 2 rings (SSSR count). The van der Waals surface area contributed by atoms with Crippen LogP contribution < -0.4 is 0 Å². The third kappa shape index (κ3) is 3.65. The highest BCUT2D eigenvalue weighted by atomic mass is 32.2. The van der Waals surface area contributed by atoms with Gasteiger partial charge in [0.2, 0.25) is 10.0 Å². The first kappa shape index (κ1) is 17.7. The van der Waals surface area contributed by atoms with Gasteiger partial charge in [0.15, 0.2) is 0 Å². The van der Waals surface area contributed by atoms with Crippen LogP contribution in [-0.2, 0) is 19.6 Å². The molecular weight excluding hydrogens is 344 g/mol. The van der Waals surface area contributed by atoms with Crippen LogP contribution in [0.15, 0.2) is 23.1 Å². The van der Waals surface area contributed by atoms with Gasteiger partial charge in [0.05, 0.1) is 16.9 Å². The summed E-state index contributed by atoms with van der Waals surface area (Å²) in [7, 11) is -2.65. The minimum atomic E-state index is -3.90. The van der Waals surface area contributed by atoms with E-state index in [1.165, 1.54) is 35.3 Å². The van der Waals surface area contributed by atoms with Gasteiger partial charge in [0.1, 0.15) is 5.25 Å². The highest BCUT2D eigenvalue weighted by Gasteiger charge is 2.35. The summed E-state index contributed by atoms with van der Waals surface area (Å²) in [5.74, 6) is -0.0303. The number of carbonyl (C=O) groups excluding carboxylic acids is 1. The maximum atomic E-state index is 12.7. The summed E-state index contributed by atoms with van der Waals surface area (Å²) in [5.41, 5.74) is 0.137. The highest BCUT2D eigenvalue weighted by Crippen LogP contribution is 2.28. The Labute approximate surface area is 138 Å². The number of thioether (sulfide) groups is 1. The number of sulfonamides is 1. The van der Waals surface area contributed by atoms with E-state index in [1.54, 1.807) is 6.92 Å². The van der Waals surface area contributed by atoms with Crippen LogP contribution in [0.3, 0.4) is 0 Å². The number of methoxy groups -OCH3 is 1. The maximum absolute atomic E-state index is 12.7. The van der Waals surface area contributed by atoms with Crippen molar-refractivity contribution in [3.8, 4) is 0 Å². The standard InChI is InChI=1S/C13H16N2O6S2/c1-9-3-4-10(7-11(9)15(17)18)23(19,20)14-5-6-22-12(8-14)13(16)21-2/h3-4,7,12H,5-6,8H2,1-2H3/t12-/m1/s1. The maximum Gasteiger partial charge on any atom is 0.320 e. The number of rotatable bonds is 4. The third-order valence-electron chi connectivity index (χ3n) is 3.51. The van der Waals surface area contributed by atoms with Crippen molar-refractivity contribution in [2.24, 2.45) is 0 Å². The van der Waals surface area contributed by atoms with E-state index in [1.807, 2.05) is 0 Å². The van der Waals surface area contributed by atoms with E-state index in [0.29, 0.717) is 11.3 Å². The molecule has 126 valence electrons. The molecule has 0 bridgehead atoms. The summed E-state index contributed by atoms with van der Waals surface area (Å²) >= 11 is 1.33. The lowest BCUT2D eigenvalue weighted by Gasteiger charge is -2.30. The molecule has 23 heavy (non-hydrogen) atoms. The van der Waals surface area contributed by atoms with Crippen LogP contribution in [0.4, 0.5) is 5.69 Å². The highest BCUT2D eigenvalue weighted by molar-refractivity contribution is 8.00. The Bertz CT molecular complexity index is 734. The van der Waals surface area contributed by atoms with Gasteiger partial charge in [-0.25, -0.2) is 8.42 Å². The Morgan fingerprint density at radius 2 is 2.17 bits per heavy atom. The van der Waals surface area contributed by atoms with Crippen LogP contribution in [0.25, 0.3) is 0 Å². The van der Waals surface area contributed by atoms with E-state index >= 15 is 0 Å². The summed E-state index contributed by atoms with van der Waals surface area (Å²) in [6, 6.07) is 3.80. The van der Waals surface area contributed by atoms with Gasteiger partial charge in [-0.15, -0.1) is 11.8 Å². The molecule has 10 heteroatoms. The minimum Gasteiger partial charge on any atom is -0.468 e. The molecule has 0 N–H and O–H groups in total. The van der Waals surface area contributed by atoms with Crippen LogP contribution in [0, 0.1) is 17.0 Å². The van der Waals surface area contributed by atoms with Crippen molar-refractivity contribution in [3.05, 3.63) is 33.9 Å². The van der Waals surface area contributed by atoms with Gasteiger partial charge >= 0.3 is 5.97 Å². The SMILES string of the molecule is COC(=O)[C@H]1CN(S(=O)(=O)c2ccc(C)c([N+](=O)[O-])c2)CCS1. The lowest BCUT2D eigenvalue weighted by molar-refractivity contribution is -0.385. The molecule has 1 saturated heterocycles. The summed E-state index contributed by atoms with van der Waals surface area (Å²) in [5, 5.41) is 10.4. The van der Waals surface area contributed by atoms with Crippen molar-refractivity contribution in [1.82, 2.24) is 4.31 Å². The Kier molecular flexibility index (Phi) is 5.27. The Hall–Kier alpha value is -1.65. The van der Waals surface area contributed by atoms with Crippen LogP contribution in [0.2, 0.25) is 0 Å². The van der Waals surface area contributed by atoms with Crippen molar-refractivity contribution >= 4 is 33.4 Å². The molecule has 1 fully saturated rings. The predicted molar refractivity (Wildman–Crippen MR) is 84.9 cm³/mol. The van der Waals surface area contributed by atoms with Crippen LogP contribution in [0.5, 0.6) is 0 Å². The first-order valence-electron chi connectivity index (χ1n) is 6.72. The van der Waals surface area contributed by atoms with Crippen molar-refractivity contribution in [1.29, 1.82) is 0 Å². The monoisotopic (exact) mass is 360 g/mol. The molecule has 1 atom stereocenters.